The first-order chi connectivity index (χ1) is 15.3. The zero-order valence-electron chi connectivity index (χ0n) is 18.5. The van der Waals surface area contributed by atoms with Crippen LogP contribution >= 0.6 is 0 Å². The van der Waals surface area contributed by atoms with Gasteiger partial charge in [0.15, 0.2) is 0 Å². The van der Waals surface area contributed by atoms with Crippen molar-refractivity contribution in [3.63, 3.8) is 0 Å². The number of nitrogens with one attached hydrogen (secondary N) is 1. The van der Waals surface area contributed by atoms with Crippen molar-refractivity contribution in [3.8, 4) is 5.75 Å². The minimum atomic E-state index is -3.71. The van der Waals surface area contributed by atoms with E-state index >= 15 is 0 Å². The van der Waals surface area contributed by atoms with Crippen molar-refractivity contribution in [1.29, 1.82) is 0 Å². The van der Waals surface area contributed by atoms with Crippen LogP contribution in [0.5, 0.6) is 5.75 Å². The van der Waals surface area contributed by atoms with Crippen molar-refractivity contribution in [2.24, 2.45) is 5.92 Å². The number of sulfonamides is 1. The number of anilines is 1. The number of methoxy groups -OCH3 is 1. The average molecular weight is 461 g/mol. The monoisotopic (exact) mass is 460 g/mol. The van der Waals surface area contributed by atoms with Crippen LogP contribution in [-0.2, 0) is 19.6 Å². The minimum absolute atomic E-state index is 0.109. The lowest BCUT2D eigenvalue weighted by Crippen LogP contribution is -2.41. The molecule has 32 heavy (non-hydrogen) atoms. The SMILES string of the molecule is CCOC(=O)c1ccc(S(=O)(=O)N2CCC(C(=O)Nc3cc(C)ccc3OC)CC2)cc1. The molecule has 1 aliphatic rings. The topological polar surface area (TPSA) is 102 Å². The second-order valence-corrected chi connectivity index (χ2v) is 9.55. The summed E-state index contributed by atoms with van der Waals surface area (Å²) >= 11 is 0. The number of hydrogen-bond donors (Lipinski definition) is 1. The first-order valence-corrected chi connectivity index (χ1v) is 11.9. The zero-order valence-corrected chi connectivity index (χ0v) is 19.3. The van der Waals surface area contributed by atoms with Crippen LogP contribution in [-0.4, -0.2) is 51.4 Å². The van der Waals surface area contributed by atoms with Gasteiger partial charge in [0.2, 0.25) is 15.9 Å². The Morgan fingerprint density at radius 1 is 1.09 bits per heavy atom. The number of hydrogen-bond acceptors (Lipinski definition) is 6. The van der Waals surface area contributed by atoms with Crippen molar-refractivity contribution in [2.45, 2.75) is 31.6 Å². The number of aryl methyl sites for hydroxylation is 1. The molecule has 3 rings (SSSR count). The van der Waals surface area contributed by atoms with Gasteiger partial charge in [-0.15, -0.1) is 0 Å². The predicted molar refractivity (Wildman–Crippen MR) is 120 cm³/mol. The standard InChI is InChI=1S/C23H28N2O6S/c1-4-31-23(27)18-6-8-19(9-7-18)32(28,29)25-13-11-17(12-14-25)22(26)24-20-15-16(2)5-10-21(20)30-3/h5-10,15,17H,4,11-14H2,1-3H3,(H,24,26). The normalized spacial score (nSPS) is 15.2. The first kappa shape index (κ1) is 23.7. The maximum atomic E-state index is 13.0. The maximum absolute atomic E-state index is 13.0. The van der Waals surface area contributed by atoms with Crippen LogP contribution < -0.4 is 10.1 Å². The number of esters is 1. The number of nitrogens with zero attached hydrogens (tertiary/aromatic N) is 1. The van der Waals surface area contributed by atoms with Crippen molar-refractivity contribution in [3.05, 3.63) is 53.6 Å². The lowest BCUT2D eigenvalue weighted by Gasteiger charge is -2.30. The van der Waals surface area contributed by atoms with Crippen LogP contribution in [0, 0.1) is 12.8 Å². The quantitative estimate of drug-likeness (QED) is 0.637. The highest BCUT2D eigenvalue weighted by Gasteiger charge is 2.32. The highest BCUT2D eigenvalue weighted by atomic mass is 32.2. The van der Waals surface area contributed by atoms with Gasteiger partial charge in [-0.05, 0) is 68.7 Å². The zero-order chi connectivity index (χ0) is 23.3. The van der Waals surface area contributed by atoms with Crippen LogP contribution in [0.4, 0.5) is 5.69 Å². The van der Waals surface area contributed by atoms with Crippen LogP contribution in [0.15, 0.2) is 47.4 Å². The van der Waals surface area contributed by atoms with Gasteiger partial charge in [0.05, 0.1) is 29.9 Å². The molecule has 0 radical (unpaired) electrons. The Bertz CT molecular complexity index is 1070. The van der Waals surface area contributed by atoms with Crippen molar-refractivity contribution in [2.75, 3.05) is 32.1 Å². The second kappa shape index (κ2) is 10.1. The number of carbonyl (C=O) groups excluding carboxylic acids is 2. The number of rotatable bonds is 7. The number of benzene rings is 2. The molecule has 0 unspecified atom stereocenters. The lowest BCUT2D eigenvalue weighted by atomic mass is 9.97. The molecule has 1 saturated heterocycles. The highest BCUT2D eigenvalue weighted by Crippen LogP contribution is 2.28. The number of ether oxygens (including phenoxy) is 2. The minimum Gasteiger partial charge on any atom is -0.495 e. The van der Waals surface area contributed by atoms with E-state index in [1.165, 1.54) is 28.6 Å². The average Bonchev–Trinajstić information content (AvgIpc) is 2.79. The van der Waals surface area contributed by atoms with Gasteiger partial charge in [-0.1, -0.05) is 6.07 Å². The summed E-state index contributed by atoms with van der Waals surface area (Å²) in [5.74, 6) is -0.355. The molecule has 9 heteroatoms. The Morgan fingerprint density at radius 3 is 2.34 bits per heavy atom. The van der Waals surface area contributed by atoms with Crippen LogP contribution in [0.1, 0.15) is 35.7 Å². The van der Waals surface area contributed by atoms with Gasteiger partial charge >= 0.3 is 5.97 Å². The highest BCUT2D eigenvalue weighted by molar-refractivity contribution is 7.89. The fraction of sp³-hybridized carbons (Fsp3) is 0.391. The molecule has 172 valence electrons. The van der Waals surface area contributed by atoms with E-state index < -0.39 is 16.0 Å². The van der Waals surface area contributed by atoms with Crippen LogP contribution in [0.2, 0.25) is 0 Å². The van der Waals surface area contributed by atoms with E-state index in [0.717, 1.165) is 5.56 Å². The fourth-order valence-corrected chi connectivity index (χ4v) is 5.11. The van der Waals surface area contributed by atoms with Crippen LogP contribution in [0.25, 0.3) is 0 Å². The third-order valence-corrected chi connectivity index (χ3v) is 7.35. The molecule has 0 aliphatic carbocycles. The Labute approximate surface area is 188 Å². The van der Waals surface area contributed by atoms with Gasteiger partial charge in [0, 0.05) is 19.0 Å². The molecular weight excluding hydrogens is 432 g/mol. The van der Waals surface area contributed by atoms with Gasteiger partial charge in [-0.2, -0.15) is 4.31 Å². The van der Waals surface area contributed by atoms with E-state index in [1.807, 2.05) is 19.1 Å². The van der Waals surface area contributed by atoms with Gasteiger partial charge in [-0.25, -0.2) is 13.2 Å². The maximum Gasteiger partial charge on any atom is 0.338 e. The largest absolute Gasteiger partial charge is 0.495 e. The molecule has 1 N–H and O–H groups in total. The molecular formula is C23H28N2O6S. The van der Waals surface area contributed by atoms with Gasteiger partial charge < -0.3 is 14.8 Å². The lowest BCUT2D eigenvalue weighted by molar-refractivity contribution is -0.120. The third-order valence-electron chi connectivity index (χ3n) is 5.44. The van der Waals surface area contributed by atoms with E-state index in [0.29, 0.717) is 29.8 Å². The summed E-state index contributed by atoms with van der Waals surface area (Å²) in [5.41, 5.74) is 1.90. The van der Waals surface area contributed by atoms with Gasteiger partial charge in [0.25, 0.3) is 0 Å². The number of carbonyl (C=O) groups is 2. The number of piperidine rings is 1. The van der Waals surface area contributed by atoms with Gasteiger partial charge in [0.1, 0.15) is 5.75 Å². The summed E-state index contributed by atoms with van der Waals surface area (Å²) < 4.78 is 37.6. The Morgan fingerprint density at radius 2 is 1.75 bits per heavy atom. The van der Waals surface area contributed by atoms with E-state index in [9.17, 15) is 18.0 Å². The van der Waals surface area contributed by atoms with E-state index in [4.69, 9.17) is 9.47 Å². The Hall–Kier alpha value is -2.91. The molecule has 0 aromatic heterocycles. The Kier molecular flexibility index (Phi) is 7.52. The molecule has 0 saturated carbocycles. The summed E-state index contributed by atoms with van der Waals surface area (Å²) in [4.78, 5) is 24.6. The van der Waals surface area contributed by atoms with Crippen molar-refractivity contribution in [1.82, 2.24) is 4.31 Å². The molecule has 1 heterocycles. The van der Waals surface area contributed by atoms with E-state index in [-0.39, 0.29) is 36.4 Å². The molecule has 0 bridgehead atoms. The summed E-state index contributed by atoms with van der Waals surface area (Å²) in [6, 6.07) is 11.2. The summed E-state index contributed by atoms with van der Waals surface area (Å²) in [5, 5.41) is 2.91. The van der Waals surface area contributed by atoms with Crippen molar-refractivity contribution >= 4 is 27.6 Å². The van der Waals surface area contributed by atoms with Crippen molar-refractivity contribution < 1.29 is 27.5 Å². The molecule has 1 aliphatic heterocycles. The molecule has 2 aromatic carbocycles. The van der Waals surface area contributed by atoms with E-state index in [1.54, 1.807) is 20.1 Å². The summed E-state index contributed by atoms with van der Waals surface area (Å²) in [6.07, 6.45) is 0.834. The molecule has 8 nitrogen and oxygen atoms in total. The molecule has 1 amide bonds. The second-order valence-electron chi connectivity index (χ2n) is 7.62. The molecule has 0 spiro atoms. The molecule has 2 aromatic rings. The summed E-state index contributed by atoms with van der Waals surface area (Å²) in [6.45, 7) is 4.36. The predicted octanol–water partition coefficient (Wildman–Crippen LogP) is 3.22. The van der Waals surface area contributed by atoms with Gasteiger partial charge in [-0.3, -0.25) is 4.79 Å². The molecule has 0 atom stereocenters. The number of amides is 1. The fourth-order valence-electron chi connectivity index (χ4n) is 3.64. The van der Waals surface area contributed by atoms with Crippen LogP contribution in [0.3, 0.4) is 0 Å². The molecule has 1 fully saturated rings. The Balaban J connectivity index is 1.63. The first-order valence-electron chi connectivity index (χ1n) is 10.5. The smallest absolute Gasteiger partial charge is 0.338 e. The summed E-state index contributed by atoms with van der Waals surface area (Å²) in [7, 11) is -2.17. The third kappa shape index (κ3) is 5.28. The van der Waals surface area contributed by atoms with E-state index in [2.05, 4.69) is 5.32 Å².